The highest BCUT2D eigenvalue weighted by Gasteiger charge is 2.30. The summed E-state index contributed by atoms with van der Waals surface area (Å²) in [7, 11) is -3.26. The van der Waals surface area contributed by atoms with Crippen LogP contribution in [0, 0.1) is 0 Å². The van der Waals surface area contributed by atoms with Crippen LogP contribution in [-0.4, -0.2) is 48.9 Å². The zero-order valence-electron chi connectivity index (χ0n) is 12.6. The van der Waals surface area contributed by atoms with Crippen LogP contribution in [-0.2, 0) is 14.8 Å². The summed E-state index contributed by atoms with van der Waals surface area (Å²) < 4.78 is 35.7. The molecule has 3 rings (SSSR count). The van der Waals surface area contributed by atoms with Gasteiger partial charge in [-0.05, 0) is 11.6 Å². The lowest BCUT2D eigenvalue weighted by molar-refractivity contribution is -0.0172. The van der Waals surface area contributed by atoms with E-state index in [-0.39, 0.29) is 12.4 Å². The maximum Gasteiger partial charge on any atom is 0.246 e. The summed E-state index contributed by atoms with van der Waals surface area (Å²) in [6.45, 7) is 0.822. The first-order valence-corrected chi connectivity index (χ1v) is 9.00. The van der Waals surface area contributed by atoms with Crippen molar-refractivity contribution < 1.29 is 17.6 Å². The fourth-order valence-corrected chi connectivity index (χ4v) is 3.06. The Labute approximate surface area is 134 Å². The molecule has 1 aromatic heterocycles. The number of nitrogens with zero attached hydrogens (tertiary/aromatic N) is 3. The molecule has 0 N–H and O–H groups in total. The van der Waals surface area contributed by atoms with E-state index in [0.29, 0.717) is 19.0 Å². The molecule has 1 aromatic carbocycles. The Bertz CT molecular complexity index is 786. The lowest BCUT2D eigenvalue weighted by Crippen LogP contribution is -2.41. The molecule has 0 radical (unpaired) electrons. The molecule has 1 aliphatic heterocycles. The minimum Gasteiger partial charge on any atom is -0.418 e. The van der Waals surface area contributed by atoms with Crippen LogP contribution in [0.5, 0.6) is 0 Å². The zero-order valence-corrected chi connectivity index (χ0v) is 13.4. The predicted molar refractivity (Wildman–Crippen MR) is 84.8 cm³/mol. The van der Waals surface area contributed by atoms with Crippen LogP contribution in [0.15, 0.2) is 34.7 Å². The SMILES string of the molecule is CS(=O)(=O)N1CCOC(c2nnc(/C=C/c3ccccc3)o2)C1. The van der Waals surface area contributed by atoms with Crippen molar-refractivity contribution in [2.75, 3.05) is 26.0 Å². The molecule has 1 atom stereocenters. The number of hydrogen-bond acceptors (Lipinski definition) is 6. The van der Waals surface area contributed by atoms with Gasteiger partial charge in [0.2, 0.25) is 21.8 Å². The van der Waals surface area contributed by atoms with Gasteiger partial charge in [0.25, 0.3) is 0 Å². The van der Waals surface area contributed by atoms with E-state index in [1.807, 2.05) is 36.4 Å². The fourth-order valence-electron chi connectivity index (χ4n) is 2.25. The molecule has 1 saturated heterocycles. The number of morpholine rings is 1. The maximum atomic E-state index is 11.6. The quantitative estimate of drug-likeness (QED) is 0.843. The van der Waals surface area contributed by atoms with Crippen LogP contribution in [0.25, 0.3) is 12.2 Å². The molecule has 1 unspecified atom stereocenters. The lowest BCUT2D eigenvalue weighted by atomic mass is 10.2. The number of hydrogen-bond donors (Lipinski definition) is 0. The standard InChI is InChI=1S/C15H17N3O4S/c1-23(19,20)18-9-10-21-13(11-18)15-17-16-14(22-15)8-7-12-5-3-2-4-6-12/h2-8,13H,9-11H2,1H3/b8-7+. The second-order valence-electron chi connectivity index (χ2n) is 5.20. The molecule has 0 saturated carbocycles. The van der Waals surface area contributed by atoms with Gasteiger partial charge in [0, 0.05) is 19.2 Å². The first-order valence-electron chi connectivity index (χ1n) is 7.15. The van der Waals surface area contributed by atoms with E-state index in [4.69, 9.17) is 9.15 Å². The summed E-state index contributed by atoms with van der Waals surface area (Å²) in [6.07, 6.45) is 4.21. The normalized spacial score (nSPS) is 20.1. The Hall–Kier alpha value is -2.03. The van der Waals surface area contributed by atoms with Gasteiger partial charge in [0.1, 0.15) is 6.10 Å². The summed E-state index contributed by atoms with van der Waals surface area (Å²) in [5, 5.41) is 7.90. The average molecular weight is 335 g/mol. The first kappa shape index (κ1) is 15.9. The third kappa shape index (κ3) is 4.04. The number of rotatable bonds is 4. The number of aromatic nitrogens is 2. The maximum absolute atomic E-state index is 11.6. The Morgan fingerprint density at radius 1 is 1.22 bits per heavy atom. The highest BCUT2D eigenvalue weighted by molar-refractivity contribution is 7.88. The molecule has 0 bridgehead atoms. The molecule has 23 heavy (non-hydrogen) atoms. The van der Waals surface area contributed by atoms with Crippen LogP contribution >= 0.6 is 0 Å². The van der Waals surface area contributed by atoms with Crippen LogP contribution in [0.4, 0.5) is 0 Å². The Morgan fingerprint density at radius 2 is 2.00 bits per heavy atom. The Kier molecular flexibility index (Phi) is 4.56. The van der Waals surface area contributed by atoms with Crippen LogP contribution in [0.3, 0.4) is 0 Å². The highest BCUT2D eigenvalue weighted by Crippen LogP contribution is 2.23. The van der Waals surface area contributed by atoms with Crippen molar-refractivity contribution in [3.8, 4) is 0 Å². The summed E-state index contributed by atoms with van der Waals surface area (Å²) >= 11 is 0. The second kappa shape index (κ2) is 6.61. The topological polar surface area (TPSA) is 85.5 Å². The van der Waals surface area contributed by atoms with Gasteiger partial charge in [-0.25, -0.2) is 8.42 Å². The van der Waals surface area contributed by atoms with E-state index in [1.54, 1.807) is 6.08 Å². The van der Waals surface area contributed by atoms with Crippen LogP contribution < -0.4 is 0 Å². The number of sulfonamides is 1. The van der Waals surface area contributed by atoms with E-state index >= 15 is 0 Å². The highest BCUT2D eigenvalue weighted by atomic mass is 32.2. The van der Waals surface area contributed by atoms with Gasteiger partial charge >= 0.3 is 0 Å². The van der Waals surface area contributed by atoms with E-state index in [1.165, 1.54) is 10.6 Å². The third-order valence-corrected chi connectivity index (χ3v) is 4.72. The minimum atomic E-state index is -3.26. The summed E-state index contributed by atoms with van der Waals surface area (Å²) in [5.41, 5.74) is 1.02. The molecular formula is C15H17N3O4S. The second-order valence-corrected chi connectivity index (χ2v) is 7.19. The van der Waals surface area contributed by atoms with Gasteiger partial charge in [-0.3, -0.25) is 0 Å². The van der Waals surface area contributed by atoms with E-state index in [0.717, 1.165) is 5.56 Å². The largest absolute Gasteiger partial charge is 0.418 e. The molecule has 7 nitrogen and oxygen atoms in total. The van der Waals surface area contributed by atoms with Gasteiger partial charge in [0.15, 0.2) is 0 Å². The van der Waals surface area contributed by atoms with E-state index in [2.05, 4.69) is 10.2 Å². The van der Waals surface area contributed by atoms with Gasteiger partial charge in [-0.2, -0.15) is 4.31 Å². The van der Waals surface area contributed by atoms with Crippen molar-refractivity contribution in [2.45, 2.75) is 6.10 Å². The summed E-state index contributed by atoms with van der Waals surface area (Å²) in [4.78, 5) is 0. The predicted octanol–water partition coefficient (Wildman–Crippen LogP) is 1.57. The van der Waals surface area contributed by atoms with Crippen molar-refractivity contribution in [3.63, 3.8) is 0 Å². The molecule has 1 aliphatic rings. The van der Waals surface area contributed by atoms with Crippen LogP contribution in [0.2, 0.25) is 0 Å². The third-order valence-electron chi connectivity index (χ3n) is 3.45. The smallest absolute Gasteiger partial charge is 0.246 e. The lowest BCUT2D eigenvalue weighted by Gasteiger charge is -2.29. The summed E-state index contributed by atoms with van der Waals surface area (Å²) in [6, 6.07) is 9.74. The van der Waals surface area contributed by atoms with Gasteiger partial charge in [0.05, 0.1) is 12.9 Å². The van der Waals surface area contributed by atoms with Crippen molar-refractivity contribution >= 4 is 22.2 Å². The molecule has 0 amide bonds. The van der Waals surface area contributed by atoms with Gasteiger partial charge in [-0.15, -0.1) is 10.2 Å². The van der Waals surface area contributed by atoms with Crippen molar-refractivity contribution in [3.05, 3.63) is 47.7 Å². The summed E-state index contributed by atoms with van der Waals surface area (Å²) in [5.74, 6) is 0.634. The molecular weight excluding hydrogens is 318 g/mol. The van der Waals surface area contributed by atoms with Crippen LogP contribution in [0.1, 0.15) is 23.4 Å². The molecule has 0 spiro atoms. The van der Waals surface area contributed by atoms with Crippen molar-refractivity contribution in [1.82, 2.24) is 14.5 Å². The first-order chi connectivity index (χ1) is 11.0. The Morgan fingerprint density at radius 3 is 2.74 bits per heavy atom. The number of ether oxygens (including phenoxy) is 1. The molecule has 122 valence electrons. The molecule has 8 heteroatoms. The minimum absolute atomic E-state index is 0.183. The Balaban J connectivity index is 1.70. The average Bonchev–Trinajstić information content (AvgIpc) is 3.02. The number of benzene rings is 1. The fraction of sp³-hybridized carbons (Fsp3) is 0.333. The van der Waals surface area contributed by atoms with E-state index in [9.17, 15) is 8.42 Å². The molecule has 1 fully saturated rings. The monoisotopic (exact) mass is 335 g/mol. The molecule has 0 aliphatic carbocycles. The molecule has 2 aromatic rings. The van der Waals surface area contributed by atoms with Crippen molar-refractivity contribution in [2.24, 2.45) is 0 Å². The van der Waals surface area contributed by atoms with Crippen molar-refractivity contribution in [1.29, 1.82) is 0 Å². The van der Waals surface area contributed by atoms with Gasteiger partial charge in [-0.1, -0.05) is 30.3 Å². The zero-order chi connectivity index (χ0) is 16.3. The van der Waals surface area contributed by atoms with Gasteiger partial charge < -0.3 is 9.15 Å². The molecule has 2 heterocycles. The van der Waals surface area contributed by atoms with E-state index < -0.39 is 16.1 Å².